The molecule has 1 amide bonds. The molecule has 0 radical (unpaired) electrons. The molecule has 4 nitrogen and oxygen atoms in total. The molecule has 1 N–H and O–H groups in total. The van der Waals surface area contributed by atoms with Gasteiger partial charge < -0.3 is 10.1 Å². The molecule has 2 heterocycles. The van der Waals surface area contributed by atoms with E-state index in [-0.39, 0.29) is 11.3 Å². The fourth-order valence-corrected chi connectivity index (χ4v) is 3.33. The van der Waals surface area contributed by atoms with Gasteiger partial charge in [0, 0.05) is 25.9 Å². The number of hydrogen-bond acceptors (Lipinski definition) is 3. The Balaban J connectivity index is 1.88. The van der Waals surface area contributed by atoms with Crippen molar-refractivity contribution in [1.82, 2.24) is 4.90 Å². The second-order valence-corrected chi connectivity index (χ2v) is 5.45. The molecule has 3 rings (SSSR count). The van der Waals surface area contributed by atoms with Gasteiger partial charge in [0.15, 0.2) is 0 Å². The predicted octanol–water partition coefficient (Wildman–Crippen LogP) is 1.62. The Labute approximate surface area is 113 Å². The van der Waals surface area contributed by atoms with E-state index in [0.717, 1.165) is 44.8 Å². The monoisotopic (exact) mass is 260 g/mol. The highest BCUT2D eigenvalue weighted by molar-refractivity contribution is 6.06. The van der Waals surface area contributed by atoms with Crippen LogP contribution in [0.3, 0.4) is 0 Å². The standard InChI is InChI=1S/C15H20N2O2/c1-19-10-9-17-8-4-7-15(11-17)12-5-2-3-6-13(12)16-14(15)18/h2-3,5-6H,4,7-11H2,1H3,(H,16,18). The summed E-state index contributed by atoms with van der Waals surface area (Å²) in [6.07, 6.45) is 2.00. The third-order valence-electron chi connectivity index (χ3n) is 4.31. The normalized spacial score (nSPS) is 26.5. The first kappa shape index (κ1) is 12.6. The fourth-order valence-electron chi connectivity index (χ4n) is 3.33. The van der Waals surface area contributed by atoms with Gasteiger partial charge >= 0.3 is 0 Å². The largest absolute Gasteiger partial charge is 0.383 e. The molecule has 4 heteroatoms. The maximum Gasteiger partial charge on any atom is 0.236 e. The number of nitrogens with zero attached hydrogens (tertiary/aromatic N) is 1. The Kier molecular flexibility index (Phi) is 3.29. The Morgan fingerprint density at radius 1 is 1.42 bits per heavy atom. The summed E-state index contributed by atoms with van der Waals surface area (Å²) in [6.45, 7) is 3.48. The lowest BCUT2D eigenvalue weighted by Crippen LogP contribution is -2.50. The van der Waals surface area contributed by atoms with E-state index in [2.05, 4.69) is 16.3 Å². The van der Waals surface area contributed by atoms with Gasteiger partial charge in [0.25, 0.3) is 0 Å². The van der Waals surface area contributed by atoms with Crippen LogP contribution < -0.4 is 5.32 Å². The number of para-hydroxylation sites is 1. The average Bonchev–Trinajstić information content (AvgIpc) is 2.70. The van der Waals surface area contributed by atoms with Crippen LogP contribution in [-0.4, -0.2) is 44.2 Å². The molecule has 1 saturated heterocycles. The van der Waals surface area contributed by atoms with Crippen molar-refractivity contribution < 1.29 is 9.53 Å². The average molecular weight is 260 g/mol. The summed E-state index contributed by atoms with van der Waals surface area (Å²) in [5.41, 5.74) is 1.81. The second kappa shape index (κ2) is 4.94. The lowest BCUT2D eigenvalue weighted by molar-refractivity contribution is -0.122. The van der Waals surface area contributed by atoms with Crippen molar-refractivity contribution in [3.05, 3.63) is 29.8 Å². The maximum absolute atomic E-state index is 12.5. The number of likely N-dealkylation sites (tertiary alicyclic amines) is 1. The number of benzene rings is 1. The van der Waals surface area contributed by atoms with Gasteiger partial charge in [-0.15, -0.1) is 0 Å². The van der Waals surface area contributed by atoms with Crippen LogP contribution in [0.25, 0.3) is 0 Å². The number of hydrogen-bond donors (Lipinski definition) is 1. The van der Waals surface area contributed by atoms with Crippen LogP contribution in [-0.2, 0) is 14.9 Å². The smallest absolute Gasteiger partial charge is 0.236 e. The molecule has 19 heavy (non-hydrogen) atoms. The summed E-state index contributed by atoms with van der Waals surface area (Å²) in [6, 6.07) is 8.09. The van der Waals surface area contributed by atoms with Gasteiger partial charge in [-0.25, -0.2) is 0 Å². The van der Waals surface area contributed by atoms with Crippen LogP contribution in [0.15, 0.2) is 24.3 Å². The van der Waals surface area contributed by atoms with Gasteiger partial charge in [-0.3, -0.25) is 9.69 Å². The highest BCUT2D eigenvalue weighted by Crippen LogP contribution is 2.43. The topological polar surface area (TPSA) is 41.6 Å². The Hall–Kier alpha value is -1.39. The molecule has 1 aromatic carbocycles. The molecule has 1 atom stereocenters. The zero-order chi connectivity index (χ0) is 13.3. The second-order valence-electron chi connectivity index (χ2n) is 5.45. The first-order chi connectivity index (χ1) is 9.26. The number of anilines is 1. The molecule has 1 unspecified atom stereocenters. The molecule has 0 aliphatic carbocycles. The molecular formula is C15H20N2O2. The highest BCUT2D eigenvalue weighted by Gasteiger charge is 2.48. The number of nitrogens with one attached hydrogen (secondary N) is 1. The van der Waals surface area contributed by atoms with Gasteiger partial charge in [-0.2, -0.15) is 0 Å². The molecule has 0 aromatic heterocycles. The minimum atomic E-state index is -0.345. The van der Waals surface area contributed by atoms with Crippen LogP contribution in [0, 0.1) is 0 Å². The summed E-state index contributed by atoms with van der Waals surface area (Å²) in [5.74, 6) is 0.163. The SMILES string of the molecule is COCCN1CCCC2(C1)C(=O)Nc1ccccc12. The third-order valence-corrected chi connectivity index (χ3v) is 4.31. The minimum absolute atomic E-state index is 0.163. The van der Waals surface area contributed by atoms with Crippen LogP contribution >= 0.6 is 0 Å². The van der Waals surface area contributed by atoms with Gasteiger partial charge in [0.1, 0.15) is 0 Å². The predicted molar refractivity (Wildman–Crippen MR) is 74.3 cm³/mol. The van der Waals surface area contributed by atoms with Crippen molar-refractivity contribution in [1.29, 1.82) is 0 Å². The Morgan fingerprint density at radius 2 is 2.26 bits per heavy atom. The molecule has 2 aliphatic heterocycles. The number of carbonyl (C=O) groups is 1. The van der Waals surface area contributed by atoms with Gasteiger partial charge in [0.2, 0.25) is 5.91 Å². The maximum atomic E-state index is 12.5. The fraction of sp³-hybridized carbons (Fsp3) is 0.533. The molecule has 102 valence electrons. The highest BCUT2D eigenvalue weighted by atomic mass is 16.5. The van der Waals surface area contributed by atoms with Crippen LogP contribution in [0.1, 0.15) is 18.4 Å². The first-order valence-corrected chi connectivity index (χ1v) is 6.88. The molecule has 2 aliphatic rings. The van der Waals surface area contributed by atoms with Crippen LogP contribution in [0.4, 0.5) is 5.69 Å². The van der Waals surface area contributed by atoms with Crippen LogP contribution in [0.5, 0.6) is 0 Å². The number of methoxy groups -OCH3 is 1. The van der Waals surface area contributed by atoms with E-state index < -0.39 is 0 Å². The molecule has 1 spiro atoms. The number of ether oxygens (including phenoxy) is 1. The van der Waals surface area contributed by atoms with Crippen molar-refractivity contribution in [2.24, 2.45) is 0 Å². The molecular weight excluding hydrogens is 240 g/mol. The van der Waals surface area contributed by atoms with E-state index in [0.29, 0.717) is 0 Å². The number of piperidine rings is 1. The zero-order valence-corrected chi connectivity index (χ0v) is 11.3. The lowest BCUT2D eigenvalue weighted by Gasteiger charge is -2.39. The molecule has 0 bridgehead atoms. The van der Waals surface area contributed by atoms with E-state index in [9.17, 15) is 4.79 Å². The van der Waals surface area contributed by atoms with Crippen molar-refractivity contribution in [2.75, 3.05) is 38.7 Å². The Bertz CT molecular complexity index is 489. The van der Waals surface area contributed by atoms with Crippen molar-refractivity contribution in [3.8, 4) is 0 Å². The zero-order valence-electron chi connectivity index (χ0n) is 11.3. The molecule has 1 fully saturated rings. The quantitative estimate of drug-likeness (QED) is 0.898. The van der Waals surface area contributed by atoms with Crippen LogP contribution in [0.2, 0.25) is 0 Å². The summed E-state index contributed by atoms with van der Waals surface area (Å²) in [5, 5.41) is 3.04. The number of amides is 1. The number of fused-ring (bicyclic) bond motifs is 2. The first-order valence-electron chi connectivity index (χ1n) is 6.88. The van der Waals surface area contributed by atoms with Gasteiger partial charge in [-0.05, 0) is 31.0 Å². The van der Waals surface area contributed by atoms with E-state index >= 15 is 0 Å². The minimum Gasteiger partial charge on any atom is -0.383 e. The third kappa shape index (κ3) is 2.05. The molecule has 1 aromatic rings. The van der Waals surface area contributed by atoms with Gasteiger partial charge in [-0.1, -0.05) is 18.2 Å². The Morgan fingerprint density at radius 3 is 3.11 bits per heavy atom. The van der Waals surface area contributed by atoms with Crippen molar-refractivity contribution >= 4 is 11.6 Å². The van der Waals surface area contributed by atoms with E-state index in [1.165, 1.54) is 5.56 Å². The summed E-state index contributed by atoms with van der Waals surface area (Å²) < 4.78 is 5.15. The van der Waals surface area contributed by atoms with E-state index in [4.69, 9.17) is 4.74 Å². The van der Waals surface area contributed by atoms with E-state index in [1.807, 2.05) is 18.2 Å². The van der Waals surface area contributed by atoms with E-state index in [1.54, 1.807) is 7.11 Å². The summed E-state index contributed by atoms with van der Waals surface area (Å²) >= 11 is 0. The number of carbonyl (C=O) groups excluding carboxylic acids is 1. The number of rotatable bonds is 3. The molecule has 0 saturated carbocycles. The van der Waals surface area contributed by atoms with Gasteiger partial charge in [0.05, 0.1) is 12.0 Å². The van der Waals surface area contributed by atoms with Crippen molar-refractivity contribution in [3.63, 3.8) is 0 Å². The lowest BCUT2D eigenvalue weighted by atomic mass is 9.75. The van der Waals surface area contributed by atoms with Crippen molar-refractivity contribution in [2.45, 2.75) is 18.3 Å². The summed E-state index contributed by atoms with van der Waals surface area (Å²) in [7, 11) is 1.72. The summed E-state index contributed by atoms with van der Waals surface area (Å²) in [4.78, 5) is 14.8.